The van der Waals surface area contributed by atoms with Crippen LogP contribution in [0.25, 0.3) is 0 Å². The first-order valence-corrected chi connectivity index (χ1v) is 11.3. The summed E-state index contributed by atoms with van der Waals surface area (Å²) in [5, 5.41) is 0. The van der Waals surface area contributed by atoms with Crippen LogP contribution in [0.4, 0.5) is 5.69 Å². The maximum atomic E-state index is 12.6. The molecule has 0 aliphatic carbocycles. The lowest BCUT2D eigenvalue weighted by Gasteiger charge is -2.21. The summed E-state index contributed by atoms with van der Waals surface area (Å²) in [6.07, 6.45) is -0.956. The third kappa shape index (κ3) is 4.99. The van der Waals surface area contributed by atoms with Crippen molar-refractivity contribution in [3.63, 3.8) is 0 Å². The van der Waals surface area contributed by atoms with Gasteiger partial charge in [0.05, 0.1) is 10.8 Å². The predicted octanol–water partition coefficient (Wildman–Crippen LogP) is 1.09. The van der Waals surface area contributed by atoms with Crippen LogP contribution >= 0.6 is 0 Å². The molecule has 1 fully saturated rings. The topological polar surface area (TPSA) is 104 Å². The number of carbonyl (C=O) groups is 3. The van der Waals surface area contributed by atoms with Gasteiger partial charge >= 0.3 is 5.97 Å². The average Bonchev–Trinajstić information content (AvgIpc) is 3.09. The number of rotatable bonds is 8. The predicted molar refractivity (Wildman–Crippen MR) is 111 cm³/mol. The van der Waals surface area contributed by atoms with E-state index in [9.17, 15) is 22.8 Å². The van der Waals surface area contributed by atoms with Gasteiger partial charge in [-0.3, -0.25) is 14.4 Å². The van der Waals surface area contributed by atoms with Gasteiger partial charge in [0.1, 0.15) is 0 Å². The number of ether oxygens (including phenoxy) is 1. The Morgan fingerprint density at radius 3 is 2.23 bits per heavy atom. The Morgan fingerprint density at radius 1 is 1.17 bits per heavy atom. The SMILES string of the molecule is CCN(CC)S(=O)(=O)c1ccc(N2CC(C(=O)OC(C)C(=O)N(C)C)CC2=O)cc1. The van der Waals surface area contributed by atoms with Gasteiger partial charge in [0.15, 0.2) is 6.10 Å². The number of amides is 2. The molecule has 0 saturated carbocycles. The van der Waals surface area contributed by atoms with E-state index in [4.69, 9.17) is 4.74 Å². The highest BCUT2D eigenvalue weighted by molar-refractivity contribution is 7.89. The lowest BCUT2D eigenvalue weighted by molar-refractivity contribution is -0.161. The van der Waals surface area contributed by atoms with Crippen LogP contribution in [0.15, 0.2) is 29.2 Å². The molecule has 1 heterocycles. The minimum atomic E-state index is -3.59. The molecule has 1 aliphatic rings. The van der Waals surface area contributed by atoms with Crippen molar-refractivity contribution >= 4 is 33.5 Å². The lowest BCUT2D eigenvalue weighted by Crippen LogP contribution is -2.36. The van der Waals surface area contributed by atoms with E-state index in [1.165, 1.54) is 33.2 Å². The summed E-state index contributed by atoms with van der Waals surface area (Å²) in [7, 11) is -0.454. The first-order valence-electron chi connectivity index (χ1n) is 9.85. The molecule has 10 heteroatoms. The van der Waals surface area contributed by atoms with E-state index in [0.29, 0.717) is 18.8 Å². The Bertz CT molecular complexity index is 894. The van der Waals surface area contributed by atoms with Crippen molar-refractivity contribution in [1.29, 1.82) is 0 Å². The number of anilines is 1. The second-order valence-corrected chi connectivity index (χ2v) is 9.24. The minimum Gasteiger partial charge on any atom is -0.452 e. The number of benzene rings is 1. The van der Waals surface area contributed by atoms with Gasteiger partial charge in [-0.2, -0.15) is 4.31 Å². The van der Waals surface area contributed by atoms with Gasteiger partial charge in [0, 0.05) is 45.8 Å². The molecule has 9 nitrogen and oxygen atoms in total. The number of hydrogen-bond donors (Lipinski definition) is 0. The van der Waals surface area contributed by atoms with Crippen LogP contribution in [-0.2, 0) is 29.1 Å². The van der Waals surface area contributed by atoms with Crippen LogP contribution in [0.3, 0.4) is 0 Å². The summed E-state index contributed by atoms with van der Waals surface area (Å²) in [4.78, 5) is 39.6. The van der Waals surface area contributed by atoms with Crippen molar-refractivity contribution in [2.75, 3.05) is 38.6 Å². The number of sulfonamides is 1. The number of carbonyl (C=O) groups excluding carboxylic acids is 3. The summed E-state index contributed by atoms with van der Waals surface area (Å²) in [6.45, 7) is 5.87. The average molecular weight is 440 g/mol. The molecule has 2 unspecified atom stereocenters. The smallest absolute Gasteiger partial charge is 0.312 e. The lowest BCUT2D eigenvalue weighted by atomic mass is 10.1. The van der Waals surface area contributed by atoms with Crippen LogP contribution in [0.2, 0.25) is 0 Å². The van der Waals surface area contributed by atoms with Crippen LogP contribution in [0.1, 0.15) is 27.2 Å². The van der Waals surface area contributed by atoms with Crippen molar-refractivity contribution in [3.8, 4) is 0 Å². The first kappa shape index (κ1) is 23.8. The number of nitrogens with zero attached hydrogens (tertiary/aromatic N) is 3. The van der Waals surface area contributed by atoms with Gasteiger partial charge < -0.3 is 14.5 Å². The van der Waals surface area contributed by atoms with Crippen molar-refractivity contribution in [2.45, 2.75) is 38.2 Å². The van der Waals surface area contributed by atoms with E-state index >= 15 is 0 Å². The van der Waals surface area contributed by atoms with E-state index in [1.807, 2.05) is 0 Å². The Morgan fingerprint density at radius 2 is 1.73 bits per heavy atom. The minimum absolute atomic E-state index is 0.0266. The normalized spacial score (nSPS) is 17.9. The molecule has 1 saturated heterocycles. The molecule has 0 N–H and O–H groups in total. The largest absolute Gasteiger partial charge is 0.452 e. The zero-order chi connectivity index (χ0) is 22.6. The molecule has 0 radical (unpaired) electrons. The third-order valence-electron chi connectivity index (χ3n) is 5.03. The van der Waals surface area contributed by atoms with Gasteiger partial charge in [-0.05, 0) is 31.2 Å². The van der Waals surface area contributed by atoms with E-state index in [-0.39, 0.29) is 29.7 Å². The summed E-state index contributed by atoms with van der Waals surface area (Å²) < 4.78 is 31.7. The first-order chi connectivity index (χ1) is 14.0. The Labute approximate surface area is 177 Å². The number of hydrogen-bond acceptors (Lipinski definition) is 6. The fraction of sp³-hybridized carbons (Fsp3) is 0.550. The van der Waals surface area contributed by atoms with Gasteiger partial charge in [-0.25, -0.2) is 8.42 Å². The summed E-state index contributed by atoms with van der Waals surface area (Å²) in [5.41, 5.74) is 0.506. The molecule has 166 valence electrons. The molecule has 2 amide bonds. The second kappa shape index (κ2) is 9.57. The maximum absolute atomic E-state index is 12.6. The van der Waals surface area contributed by atoms with Gasteiger partial charge in [0.25, 0.3) is 5.91 Å². The van der Waals surface area contributed by atoms with E-state index in [1.54, 1.807) is 40.1 Å². The highest BCUT2D eigenvalue weighted by Crippen LogP contribution is 2.28. The van der Waals surface area contributed by atoms with Crippen LogP contribution < -0.4 is 4.90 Å². The maximum Gasteiger partial charge on any atom is 0.312 e. The zero-order valence-corrected chi connectivity index (χ0v) is 18.8. The molecular formula is C20H29N3O6S. The standard InChI is InChI=1S/C20H29N3O6S/c1-6-22(7-2)30(27,28)17-10-8-16(9-11-17)23-13-15(12-18(23)24)20(26)29-14(3)19(25)21(4)5/h8-11,14-15H,6-7,12-13H2,1-5H3. The van der Waals surface area contributed by atoms with Crippen LogP contribution in [-0.4, -0.2) is 75.2 Å². The summed E-state index contributed by atoms with van der Waals surface area (Å²) in [6, 6.07) is 6.03. The van der Waals surface area contributed by atoms with Crippen molar-refractivity contribution < 1.29 is 27.5 Å². The van der Waals surface area contributed by atoms with Crippen molar-refractivity contribution in [1.82, 2.24) is 9.21 Å². The molecule has 2 atom stereocenters. The fourth-order valence-electron chi connectivity index (χ4n) is 3.31. The Hall–Kier alpha value is -2.46. The highest BCUT2D eigenvalue weighted by atomic mass is 32.2. The van der Waals surface area contributed by atoms with E-state index in [2.05, 4.69) is 0 Å². The van der Waals surface area contributed by atoms with Crippen molar-refractivity contribution in [2.24, 2.45) is 5.92 Å². The zero-order valence-electron chi connectivity index (χ0n) is 18.0. The third-order valence-corrected chi connectivity index (χ3v) is 7.10. The summed E-state index contributed by atoms with van der Waals surface area (Å²) in [5.74, 6) is -1.89. The van der Waals surface area contributed by atoms with Gasteiger partial charge in [0.2, 0.25) is 15.9 Å². The molecule has 30 heavy (non-hydrogen) atoms. The molecular weight excluding hydrogens is 410 g/mol. The molecule has 0 aromatic heterocycles. The van der Waals surface area contributed by atoms with Crippen LogP contribution in [0.5, 0.6) is 0 Å². The summed E-state index contributed by atoms with van der Waals surface area (Å²) >= 11 is 0. The van der Waals surface area contributed by atoms with E-state index in [0.717, 1.165) is 0 Å². The van der Waals surface area contributed by atoms with Crippen LogP contribution in [0, 0.1) is 5.92 Å². The quantitative estimate of drug-likeness (QED) is 0.562. The molecule has 0 spiro atoms. The molecule has 0 bridgehead atoms. The monoisotopic (exact) mass is 439 g/mol. The molecule has 1 aliphatic heterocycles. The number of likely N-dealkylation sites (N-methyl/N-ethyl adjacent to an activating group) is 1. The fourth-order valence-corrected chi connectivity index (χ4v) is 4.77. The Balaban J connectivity index is 2.10. The van der Waals surface area contributed by atoms with E-state index < -0.39 is 28.0 Å². The molecule has 2 rings (SSSR count). The number of esters is 1. The van der Waals surface area contributed by atoms with Crippen molar-refractivity contribution in [3.05, 3.63) is 24.3 Å². The molecule has 1 aromatic carbocycles. The second-order valence-electron chi connectivity index (χ2n) is 7.30. The molecule has 1 aromatic rings. The Kier molecular flexibility index (Phi) is 7.59. The highest BCUT2D eigenvalue weighted by Gasteiger charge is 2.37. The van der Waals surface area contributed by atoms with Gasteiger partial charge in [-0.15, -0.1) is 0 Å². The van der Waals surface area contributed by atoms with Gasteiger partial charge in [-0.1, -0.05) is 13.8 Å².